The number of amides is 1. The molecule has 0 bridgehead atoms. The first kappa shape index (κ1) is 23.7. The molecule has 0 unspecified atom stereocenters. The molecule has 29 heavy (non-hydrogen) atoms. The number of ether oxygens (including phenoxy) is 1. The van der Waals surface area contributed by atoms with E-state index in [2.05, 4.69) is 5.32 Å². The molecule has 0 aromatic heterocycles. The summed E-state index contributed by atoms with van der Waals surface area (Å²) in [7, 11) is 0. The summed E-state index contributed by atoms with van der Waals surface area (Å²) in [6, 6.07) is 3.70. The highest BCUT2D eigenvalue weighted by molar-refractivity contribution is 6.35. The van der Waals surface area contributed by atoms with Gasteiger partial charge in [0.15, 0.2) is 0 Å². The Morgan fingerprint density at radius 3 is 2.45 bits per heavy atom. The summed E-state index contributed by atoms with van der Waals surface area (Å²) in [5, 5.41) is 11.6. The van der Waals surface area contributed by atoms with Crippen molar-refractivity contribution in [2.75, 3.05) is 26.2 Å². The Labute approximate surface area is 175 Å². The molecule has 1 atom stereocenters. The summed E-state index contributed by atoms with van der Waals surface area (Å²) in [6.45, 7) is 6.62. The maximum absolute atomic E-state index is 12.8. The summed E-state index contributed by atoms with van der Waals surface area (Å²) >= 11 is 12.5. The molecule has 0 saturated carbocycles. The second-order valence-corrected chi connectivity index (χ2v) is 7.93. The minimum absolute atomic E-state index is 0.0221. The van der Waals surface area contributed by atoms with Gasteiger partial charge in [-0.25, -0.2) is 4.79 Å². The summed E-state index contributed by atoms with van der Waals surface area (Å²) < 4.78 is 37.4. The number of hydrogen-bond donors (Lipinski definition) is 2. The first-order valence-corrected chi connectivity index (χ1v) is 9.53. The van der Waals surface area contributed by atoms with Gasteiger partial charge >= 0.3 is 12.1 Å². The molecular formula is C18H21Cl2F3N2O4. The number of nitrogens with one attached hydrogen (secondary N) is 1. The molecule has 1 fully saturated rings. The molecule has 0 spiro atoms. The zero-order valence-corrected chi connectivity index (χ0v) is 17.3. The molecule has 2 N–H and O–H groups in total. The van der Waals surface area contributed by atoms with Crippen LogP contribution in [0, 0.1) is 0 Å². The molecule has 2 aliphatic heterocycles. The van der Waals surface area contributed by atoms with Crippen LogP contribution in [0.1, 0.15) is 25.0 Å². The molecule has 162 valence electrons. The van der Waals surface area contributed by atoms with E-state index in [-0.39, 0.29) is 5.91 Å². The van der Waals surface area contributed by atoms with E-state index >= 15 is 0 Å². The number of morpholine rings is 1. The van der Waals surface area contributed by atoms with Crippen LogP contribution in [0.5, 0.6) is 0 Å². The molecular weight excluding hydrogens is 436 g/mol. The van der Waals surface area contributed by atoms with E-state index in [1.807, 2.05) is 24.8 Å². The van der Waals surface area contributed by atoms with Crippen molar-refractivity contribution in [3.8, 4) is 0 Å². The van der Waals surface area contributed by atoms with Crippen LogP contribution in [-0.2, 0) is 26.3 Å². The Kier molecular flexibility index (Phi) is 7.42. The third kappa shape index (κ3) is 5.53. The second kappa shape index (κ2) is 9.07. The number of benzene rings is 1. The lowest BCUT2D eigenvalue weighted by Gasteiger charge is -2.46. The van der Waals surface area contributed by atoms with Gasteiger partial charge < -0.3 is 20.1 Å². The van der Waals surface area contributed by atoms with Crippen molar-refractivity contribution in [1.82, 2.24) is 10.2 Å². The number of carboxylic acids is 1. The van der Waals surface area contributed by atoms with E-state index in [0.29, 0.717) is 29.7 Å². The summed E-state index contributed by atoms with van der Waals surface area (Å²) in [5.41, 5.74) is 1.63. The number of fused-ring (bicyclic) bond motifs is 1. The molecule has 1 saturated heterocycles. The van der Waals surface area contributed by atoms with Crippen LogP contribution in [0.3, 0.4) is 0 Å². The molecule has 2 heterocycles. The fourth-order valence-electron chi connectivity index (χ4n) is 3.44. The van der Waals surface area contributed by atoms with Crippen molar-refractivity contribution in [2.45, 2.75) is 38.1 Å². The number of nitrogens with zero attached hydrogens (tertiary/aromatic N) is 1. The van der Waals surface area contributed by atoms with Gasteiger partial charge in [0.25, 0.3) is 5.91 Å². The zero-order valence-electron chi connectivity index (χ0n) is 15.8. The van der Waals surface area contributed by atoms with E-state index in [9.17, 15) is 18.0 Å². The van der Waals surface area contributed by atoms with Crippen molar-refractivity contribution in [1.29, 1.82) is 0 Å². The van der Waals surface area contributed by atoms with Crippen molar-refractivity contribution >= 4 is 35.1 Å². The van der Waals surface area contributed by atoms with Crippen LogP contribution in [0.25, 0.3) is 0 Å². The van der Waals surface area contributed by atoms with Gasteiger partial charge in [-0.15, -0.1) is 0 Å². The molecule has 1 amide bonds. The van der Waals surface area contributed by atoms with Crippen LogP contribution < -0.4 is 5.32 Å². The monoisotopic (exact) mass is 456 g/mol. The molecule has 1 aromatic carbocycles. The molecule has 11 heteroatoms. The largest absolute Gasteiger partial charge is 0.490 e. The average molecular weight is 457 g/mol. The molecule has 0 aliphatic carbocycles. The average Bonchev–Trinajstić information content (AvgIpc) is 2.60. The van der Waals surface area contributed by atoms with Crippen molar-refractivity contribution in [3.63, 3.8) is 0 Å². The lowest BCUT2D eigenvalue weighted by atomic mass is 9.83. The Hall–Kier alpha value is -1.55. The highest BCUT2D eigenvalue weighted by atomic mass is 35.5. The van der Waals surface area contributed by atoms with Crippen LogP contribution in [0.2, 0.25) is 10.0 Å². The Bertz CT molecular complexity index is 781. The second-order valence-electron chi connectivity index (χ2n) is 7.09. The highest BCUT2D eigenvalue weighted by Crippen LogP contribution is 2.41. The lowest BCUT2D eigenvalue weighted by molar-refractivity contribution is -0.192. The van der Waals surface area contributed by atoms with E-state index in [1.165, 1.54) is 0 Å². The number of alkyl halides is 3. The molecule has 3 rings (SSSR count). The van der Waals surface area contributed by atoms with E-state index in [1.54, 1.807) is 6.07 Å². The lowest BCUT2D eigenvalue weighted by Crippen LogP contribution is -2.57. The van der Waals surface area contributed by atoms with Gasteiger partial charge in [0.05, 0.1) is 12.1 Å². The van der Waals surface area contributed by atoms with E-state index < -0.39 is 23.8 Å². The quantitative estimate of drug-likeness (QED) is 0.677. The maximum atomic E-state index is 12.8. The van der Waals surface area contributed by atoms with Crippen LogP contribution in [-0.4, -0.2) is 60.4 Å². The van der Waals surface area contributed by atoms with E-state index in [0.717, 1.165) is 24.1 Å². The third-order valence-electron chi connectivity index (χ3n) is 4.74. The standard InChI is InChI=1S/C16H20Cl2N2O2.C2HF3O2/c1-16(2)14-10(7-11(17)8-12(14)18)3-5-20(16)15(21)13-9-19-4-6-22-13;3-2(4,5)1(6)7/h7-8,13,19H,3-6,9H2,1-2H3;(H,6,7)/t13-;/m1./s1. The molecule has 0 radical (unpaired) electrons. The SMILES string of the molecule is CC1(C)c2c(Cl)cc(Cl)cc2CCN1C(=O)[C@H]1CNCCO1.O=C(O)C(F)(F)F. The Morgan fingerprint density at radius 1 is 1.31 bits per heavy atom. The smallest absolute Gasteiger partial charge is 0.475 e. The minimum atomic E-state index is -5.08. The fourth-order valence-corrected chi connectivity index (χ4v) is 4.21. The van der Waals surface area contributed by atoms with Gasteiger partial charge in [0.2, 0.25) is 0 Å². The zero-order chi connectivity index (χ0) is 22.0. The molecule has 2 aliphatic rings. The number of carboxylic acid groups (broad SMARTS) is 1. The highest BCUT2D eigenvalue weighted by Gasteiger charge is 2.42. The van der Waals surface area contributed by atoms with Gasteiger partial charge in [-0.05, 0) is 43.5 Å². The van der Waals surface area contributed by atoms with Crippen LogP contribution >= 0.6 is 23.2 Å². The van der Waals surface area contributed by atoms with Gasteiger partial charge in [-0.2, -0.15) is 13.2 Å². The first-order chi connectivity index (χ1) is 13.4. The van der Waals surface area contributed by atoms with Gasteiger partial charge in [0, 0.05) is 29.7 Å². The summed E-state index contributed by atoms with van der Waals surface area (Å²) in [4.78, 5) is 23.6. The Morgan fingerprint density at radius 2 is 1.93 bits per heavy atom. The van der Waals surface area contributed by atoms with Crippen LogP contribution in [0.15, 0.2) is 12.1 Å². The van der Waals surface area contributed by atoms with Crippen molar-refractivity contribution < 1.29 is 32.6 Å². The third-order valence-corrected chi connectivity index (χ3v) is 5.26. The maximum Gasteiger partial charge on any atom is 0.490 e. The molecule has 1 aromatic rings. The minimum Gasteiger partial charge on any atom is -0.475 e. The predicted molar refractivity (Wildman–Crippen MR) is 101 cm³/mol. The van der Waals surface area contributed by atoms with Crippen molar-refractivity contribution in [2.24, 2.45) is 0 Å². The summed E-state index contributed by atoms with van der Waals surface area (Å²) in [6.07, 6.45) is -4.74. The summed E-state index contributed by atoms with van der Waals surface area (Å²) in [5.74, 6) is -2.73. The normalized spacial score (nSPS) is 20.9. The van der Waals surface area contributed by atoms with Crippen molar-refractivity contribution in [3.05, 3.63) is 33.3 Å². The van der Waals surface area contributed by atoms with Gasteiger partial charge in [-0.1, -0.05) is 23.2 Å². The van der Waals surface area contributed by atoms with E-state index in [4.69, 9.17) is 37.8 Å². The fraction of sp³-hybridized carbons (Fsp3) is 0.556. The number of carbonyl (C=O) groups is 2. The van der Waals surface area contributed by atoms with Crippen LogP contribution in [0.4, 0.5) is 13.2 Å². The predicted octanol–water partition coefficient (Wildman–Crippen LogP) is 3.23. The van der Waals surface area contributed by atoms with Gasteiger partial charge in [0.1, 0.15) is 6.10 Å². The molecule has 6 nitrogen and oxygen atoms in total. The number of hydrogen-bond acceptors (Lipinski definition) is 4. The number of rotatable bonds is 1. The Balaban J connectivity index is 0.000000370. The number of carbonyl (C=O) groups excluding carboxylic acids is 1. The topological polar surface area (TPSA) is 78.9 Å². The number of aliphatic carboxylic acids is 1. The number of halogens is 5. The van der Waals surface area contributed by atoms with Gasteiger partial charge in [-0.3, -0.25) is 4.79 Å². The first-order valence-electron chi connectivity index (χ1n) is 8.78.